The molecule has 1 aliphatic carbocycles. The number of nitrogens with zero attached hydrogens (tertiary/aromatic N) is 2. The van der Waals surface area contributed by atoms with Crippen molar-refractivity contribution in [3.63, 3.8) is 0 Å². The Labute approximate surface area is 128 Å². The second-order valence-corrected chi connectivity index (χ2v) is 7.08. The van der Waals surface area contributed by atoms with Gasteiger partial charge in [0.15, 0.2) is 0 Å². The first kappa shape index (κ1) is 16.7. The maximum absolute atomic E-state index is 11.6. The molecule has 2 aliphatic rings. The largest absolute Gasteiger partial charge is 0.480 e. The van der Waals surface area contributed by atoms with Crippen molar-refractivity contribution in [2.75, 3.05) is 47.3 Å². The average Bonchev–Trinajstić information content (AvgIpc) is 3.03. The van der Waals surface area contributed by atoms with Crippen LogP contribution in [0, 0.1) is 11.8 Å². The molecule has 3 atom stereocenters. The van der Waals surface area contributed by atoms with Gasteiger partial charge in [0.25, 0.3) is 0 Å². The summed E-state index contributed by atoms with van der Waals surface area (Å²) in [4.78, 5) is 16.4. The Morgan fingerprint density at radius 1 is 1.48 bits per heavy atom. The Morgan fingerprint density at radius 3 is 2.81 bits per heavy atom. The van der Waals surface area contributed by atoms with Crippen LogP contribution in [-0.4, -0.2) is 73.7 Å². The zero-order chi connectivity index (χ0) is 15.5. The molecule has 3 unspecified atom stereocenters. The summed E-state index contributed by atoms with van der Waals surface area (Å²) in [5.41, 5.74) is -0.686. The maximum atomic E-state index is 11.6. The van der Waals surface area contributed by atoms with Crippen LogP contribution in [0.4, 0.5) is 0 Å². The summed E-state index contributed by atoms with van der Waals surface area (Å²) in [7, 11) is 6.16. The van der Waals surface area contributed by atoms with Crippen molar-refractivity contribution in [2.24, 2.45) is 11.8 Å². The van der Waals surface area contributed by atoms with Crippen molar-refractivity contribution >= 4 is 5.97 Å². The molecule has 1 saturated heterocycles. The highest BCUT2D eigenvalue weighted by Gasteiger charge is 2.47. The van der Waals surface area contributed by atoms with E-state index in [2.05, 4.69) is 29.2 Å². The predicted octanol–water partition coefficient (Wildman–Crippen LogP) is 1.10. The smallest absolute Gasteiger partial charge is 0.324 e. The summed E-state index contributed by atoms with van der Waals surface area (Å²) in [5, 5.41) is 12.7. The van der Waals surface area contributed by atoms with Crippen LogP contribution in [0.3, 0.4) is 0 Å². The second-order valence-electron chi connectivity index (χ2n) is 7.08. The minimum Gasteiger partial charge on any atom is -0.480 e. The first-order valence-corrected chi connectivity index (χ1v) is 8.27. The standard InChI is InChI=1S/C16H31N3O2/c1-17-16(15(20)21)8-4-5-14(16)7-10-19(3)12-13-6-9-18(2)11-13/h13-14,17H,4-12H2,1-3H3,(H,20,21). The topological polar surface area (TPSA) is 55.8 Å². The number of hydrogen-bond donors (Lipinski definition) is 2. The van der Waals surface area contributed by atoms with Gasteiger partial charge in [-0.1, -0.05) is 6.42 Å². The molecule has 2 rings (SSSR count). The lowest BCUT2D eigenvalue weighted by atomic mass is 9.84. The Morgan fingerprint density at radius 2 is 2.24 bits per heavy atom. The number of carbonyl (C=O) groups is 1. The molecule has 1 heterocycles. The minimum absolute atomic E-state index is 0.258. The van der Waals surface area contributed by atoms with Crippen LogP contribution in [0.2, 0.25) is 0 Å². The number of carboxylic acids is 1. The first-order valence-electron chi connectivity index (χ1n) is 8.27. The van der Waals surface area contributed by atoms with E-state index in [0.717, 1.165) is 44.7 Å². The number of nitrogens with one attached hydrogen (secondary N) is 1. The summed E-state index contributed by atoms with van der Waals surface area (Å²) in [6.07, 6.45) is 5.09. The molecule has 0 aromatic carbocycles. The third kappa shape index (κ3) is 3.76. The normalized spacial score (nSPS) is 33.9. The molecule has 0 aromatic rings. The fraction of sp³-hybridized carbons (Fsp3) is 0.938. The quantitative estimate of drug-likeness (QED) is 0.737. The molecule has 0 aromatic heterocycles. The molecule has 5 heteroatoms. The number of aliphatic carboxylic acids is 1. The van der Waals surface area contributed by atoms with Gasteiger partial charge in [-0.2, -0.15) is 0 Å². The number of rotatable bonds is 7. The molecule has 0 spiro atoms. The van der Waals surface area contributed by atoms with Crippen LogP contribution in [0.1, 0.15) is 32.1 Å². The van der Waals surface area contributed by atoms with Gasteiger partial charge < -0.3 is 20.2 Å². The molecule has 1 saturated carbocycles. The lowest BCUT2D eigenvalue weighted by Gasteiger charge is -2.32. The maximum Gasteiger partial charge on any atom is 0.324 e. The Hall–Kier alpha value is -0.650. The van der Waals surface area contributed by atoms with E-state index >= 15 is 0 Å². The molecule has 0 bridgehead atoms. The van der Waals surface area contributed by atoms with E-state index in [1.165, 1.54) is 19.5 Å². The van der Waals surface area contributed by atoms with Crippen LogP contribution < -0.4 is 5.32 Å². The van der Waals surface area contributed by atoms with Gasteiger partial charge in [0.2, 0.25) is 0 Å². The predicted molar refractivity (Wildman–Crippen MR) is 84.5 cm³/mol. The Kier molecular flexibility index (Phi) is 5.63. The third-order valence-corrected chi connectivity index (χ3v) is 5.57. The van der Waals surface area contributed by atoms with Crippen molar-refractivity contribution in [2.45, 2.75) is 37.6 Å². The fourth-order valence-electron chi connectivity index (χ4n) is 4.27. The van der Waals surface area contributed by atoms with E-state index in [1.807, 2.05) is 0 Å². The molecule has 2 N–H and O–H groups in total. The lowest BCUT2D eigenvalue weighted by molar-refractivity contribution is -0.146. The van der Waals surface area contributed by atoms with Gasteiger partial charge in [-0.15, -0.1) is 0 Å². The number of carboxylic acid groups (broad SMARTS) is 1. The van der Waals surface area contributed by atoms with E-state index < -0.39 is 11.5 Å². The first-order chi connectivity index (χ1) is 9.98. The van der Waals surface area contributed by atoms with Crippen molar-refractivity contribution in [3.8, 4) is 0 Å². The van der Waals surface area contributed by atoms with Crippen molar-refractivity contribution in [1.82, 2.24) is 15.1 Å². The van der Waals surface area contributed by atoms with E-state index in [0.29, 0.717) is 0 Å². The van der Waals surface area contributed by atoms with Gasteiger partial charge in [-0.3, -0.25) is 4.79 Å². The molecular formula is C16H31N3O2. The van der Waals surface area contributed by atoms with Gasteiger partial charge in [0, 0.05) is 13.1 Å². The summed E-state index contributed by atoms with van der Waals surface area (Å²) in [5.74, 6) is 0.360. The van der Waals surface area contributed by atoms with Crippen molar-refractivity contribution < 1.29 is 9.90 Å². The van der Waals surface area contributed by atoms with E-state index in [1.54, 1.807) is 7.05 Å². The van der Waals surface area contributed by atoms with Gasteiger partial charge in [-0.25, -0.2) is 0 Å². The molecule has 122 valence electrons. The van der Waals surface area contributed by atoms with Crippen LogP contribution in [-0.2, 0) is 4.79 Å². The second kappa shape index (κ2) is 7.07. The molecule has 0 radical (unpaired) electrons. The van der Waals surface area contributed by atoms with E-state index in [4.69, 9.17) is 0 Å². The van der Waals surface area contributed by atoms with E-state index in [-0.39, 0.29) is 5.92 Å². The lowest BCUT2D eigenvalue weighted by Crippen LogP contribution is -2.53. The zero-order valence-corrected chi connectivity index (χ0v) is 13.8. The molecule has 2 fully saturated rings. The highest BCUT2D eigenvalue weighted by Crippen LogP contribution is 2.38. The molecular weight excluding hydrogens is 266 g/mol. The van der Waals surface area contributed by atoms with E-state index in [9.17, 15) is 9.90 Å². The van der Waals surface area contributed by atoms with Crippen molar-refractivity contribution in [1.29, 1.82) is 0 Å². The highest BCUT2D eigenvalue weighted by atomic mass is 16.4. The third-order valence-electron chi connectivity index (χ3n) is 5.57. The van der Waals surface area contributed by atoms with Gasteiger partial charge in [-0.05, 0) is 71.8 Å². The molecule has 5 nitrogen and oxygen atoms in total. The van der Waals surface area contributed by atoms with Crippen LogP contribution in [0.25, 0.3) is 0 Å². The van der Waals surface area contributed by atoms with Crippen LogP contribution in [0.5, 0.6) is 0 Å². The minimum atomic E-state index is -0.686. The summed E-state index contributed by atoms with van der Waals surface area (Å²) in [6, 6.07) is 0. The number of hydrogen-bond acceptors (Lipinski definition) is 4. The molecule has 21 heavy (non-hydrogen) atoms. The SMILES string of the molecule is CNC1(C(=O)O)CCCC1CCN(C)CC1CCN(C)C1. The molecule has 1 aliphatic heterocycles. The average molecular weight is 297 g/mol. The van der Waals surface area contributed by atoms with Crippen LogP contribution >= 0.6 is 0 Å². The number of likely N-dealkylation sites (N-methyl/N-ethyl adjacent to an activating group) is 1. The fourth-order valence-corrected chi connectivity index (χ4v) is 4.27. The Balaban J connectivity index is 1.80. The monoisotopic (exact) mass is 297 g/mol. The number of likely N-dealkylation sites (tertiary alicyclic amines) is 1. The molecule has 0 amide bonds. The Bertz CT molecular complexity index is 363. The highest BCUT2D eigenvalue weighted by molar-refractivity contribution is 5.79. The zero-order valence-electron chi connectivity index (χ0n) is 13.8. The van der Waals surface area contributed by atoms with Gasteiger partial charge in [0.1, 0.15) is 5.54 Å². The summed E-state index contributed by atoms with van der Waals surface area (Å²) in [6.45, 7) is 4.55. The van der Waals surface area contributed by atoms with Crippen molar-refractivity contribution in [3.05, 3.63) is 0 Å². The van der Waals surface area contributed by atoms with Gasteiger partial charge in [0.05, 0.1) is 0 Å². The summed E-state index contributed by atoms with van der Waals surface area (Å²) < 4.78 is 0. The summed E-state index contributed by atoms with van der Waals surface area (Å²) >= 11 is 0. The van der Waals surface area contributed by atoms with Crippen LogP contribution in [0.15, 0.2) is 0 Å². The van der Waals surface area contributed by atoms with Gasteiger partial charge >= 0.3 is 5.97 Å².